The molecule has 0 aliphatic rings. The van der Waals surface area contributed by atoms with E-state index in [-0.39, 0.29) is 0 Å². The van der Waals surface area contributed by atoms with E-state index in [1.54, 1.807) is 10.6 Å². The van der Waals surface area contributed by atoms with E-state index in [1.165, 1.54) is 10.6 Å². The molecule has 3 heterocycles. The van der Waals surface area contributed by atoms with Gasteiger partial charge in [-0.1, -0.05) is 24.3 Å². The highest BCUT2D eigenvalue weighted by molar-refractivity contribution is 7.44. The first kappa shape index (κ1) is 9.56. The molecule has 2 unspecified atom stereocenters. The van der Waals surface area contributed by atoms with Crippen LogP contribution in [0.1, 0.15) is 0 Å². The topological polar surface area (TPSA) is 0 Å². The molecule has 0 aliphatic heterocycles. The lowest BCUT2D eigenvalue weighted by atomic mass is 10.3. The summed E-state index contributed by atoms with van der Waals surface area (Å²) in [5, 5.41) is 6.17. The van der Waals surface area contributed by atoms with Gasteiger partial charge in [-0.3, -0.25) is 0 Å². The molecule has 0 saturated heterocycles. The molecule has 74 valence electrons. The average Bonchev–Trinajstić information content (AvgIpc) is 3.02. The van der Waals surface area contributed by atoms with Crippen molar-refractivity contribution in [2.45, 2.75) is 0 Å². The number of hydrogen-bond donors (Lipinski definition) is 0. The van der Waals surface area contributed by atoms with Crippen LogP contribution in [0.25, 0.3) is 21.2 Å². The Morgan fingerprint density at radius 1 is 0.600 bits per heavy atom. The van der Waals surface area contributed by atoms with E-state index in [2.05, 4.69) is 48.0 Å². The second-order valence-electron chi connectivity index (χ2n) is 3.45. The van der Waals surface area contributed by atoms with Gasteiger partial charge in [-0.05, 0) is 23.7 Å². The summed E-state index contributed by atoms with van der Waals surface area (Å²) < 4.78 is 0. The van der Waals surface area contributed by atoms with Gasteiger partial charge in [0.2, 0.25) is 0 Å². The molecule has 3 aromatic heterocycles. The molecule has 0 N–H and O–H groups in total. The highest BCUT2D eigenvalue weighted by atomic mass is 31.0. The summed E-state index contributed by atoms with van der Waals surface area (Å²) in [6.07, 6.45) is 0. The molecule has 0 radical (unpaired) electrons. The standard InChI is InChI=1S/C12H11P3/c1-3-9(13-7-1)11-5-6-12(15-11)10-4-2-8-14-10/h1-8,13-15H. The van der Waals surface area contributed by atoms with Crippen molar-refractivity contribution in [1.29, 1.82) is 0 Å². The van der Waals surface area contributed by atoms with Crippen molar-refractivity contribution in [3.8, 4) is 21.2 Å². The van der Waals surface area contributed by atoms with Gasteiger partial charge in [0.1, 0.15) is 0 Å². The fraction of sp³-hybridized carbons (Fsp3) is 0. The molecule has 0 aliphatic carbocycles. The van der Waals surface area contributed by atoms with Gasteiger partial charge in [0.15, 0.2) is 0 Å². The van der Waals surface area contributed by atoms with Gasteiger partial charge >= 0.3 is 0 Å². The number of rotatable bonds is 2. The Kier molecular flexibility index (Phi) is 2.59. The molecular formula is C12H11P3. The van der Waals surface area contributed by atoms with Crippen molar-refractivity contribution in [1.82, 2.24) is 0 Å². The highest BCUT2D eigenvalue weighted by Crippen LogP contribution is 2.43. The molecule has 3 heteroatoms. The molecule has 0 saturated carbocycles. The maximum Gasteiger partial charge on any atom is 0.00251 e. The average molecular weight is 248 g/mol. The Hall–Kier alpha value is -0.660. The van der Waals surface area contributed by atoms with E-state index in [9.17, 15) is 0 Å². The van der Waals surface area contributed by atoms with Crippen LogP contribution in [0.3, 0.4) is 0 Å². The molecule has 3 aromatic rings. The van der Waals surface area contributed by atoms with Gasteiger partial charge in [0, 0.05) is 21.2 Å². The van der Waals surface area contributed by atoms with E-state index < -0.39 is 0 Å². The lowest BCUT2D eigenvalue weighted by Crippen LogP contribution is -1.53. The summed E-state index contributed by atoms with van der Waals surface area (Å²) in [6.45, 7) is 0. The third-order valence-electron chi connectivity index (χ3n) is 2.46. The zero-order valence-corrected chi connectivity index (χ0v) is 11.1. The molecule has 0 amide bonds. The summed E-state index contributed by atoms with van der Waals surface area (Å²) in [6, 6.07) is 13.5. The lowest BCUT2D eigenvalue weighted by molar-refractivity contribution is 1.91. The second kappa shape index (κ2) is 4.07. The van der Waals surface area contributed by atoms with Crippen LogP contribution in [-0.2, 0) is 0 Å². The van der Waals surface area contributed by atoms with Gasteiger partial charge in [0.25, 0.3) is 0 Å². The van der Waals surface area contributed by atoms with Gasteiger partial charge < -0.3 is 0 Å². The Bertz CT molecular complexity index is 480. The van der Waals surface area contributed by atoms with E-state index in [0.717, 1.165) is 24.6 Å². The van der Waals surface area contributed by atoms with Crippen molar-refractivity contribution in [2.24, 2.45) is 0 Å². The summed E-state index contributed by atoms with van der Waals surface area (Å²) in [4.78, 5) is 0. The first-order chi connectivity index (χ1) is 7.43. The minimum atomic E-state index is 0.878. The first-order valence-corrected chi connectivity index (χ1v) is 8.05. The van der Waals surface area contributed by atoms with Gasteiger partial charge in [-0.15, -0.1) is 24.6 Å². The molecule has 0 fully saturated rings. The van der Waals surface area contributed by atoms with Crippen molar-refractivity contribution in [3.05, 3.63) is 48.0 Å². The van der Waals surface area contributed by atoms with Crippen LogP contribution in [0.5, 0.6) is 0 Å². The predicted molar refractivity (Wildman–Crippen MR) is 75.8 cm³/mol. The fourth-order valence-corrected chi connectivity index (χ4v) is 5.18. The quantitative estimate of drug-likeness (QED) is 0.590. The zero-order valence-electron chi connectivity index (χ0n) is 8.12. The van der Waals surface area contributed by atoms with Crippen LogP contribution in [0.15, 0.2) is 48.0 Å². The normalized spacial score (nSPS) is 12.3. The minimum absolute atomic E-state index is 0.878. The zero-order chi connectivity index (χ0) is 10.1. The summed E-state index contributed by atoms with van der Waals surface area (Å²) in [5.41, 5.74) is 0. The SMILES string of the molecule is c1c[pH]c(-c2ccc(-c3ccc[pH]3)[pH]2)c1. The Balaban J connectivity index is 2.02. The minimum Gasteiger partial charge on any atom is -0.131 e. The molecule has 15 heavy (non-hydrogen) atoms. The van der Waals surface area contributed by atoms with Crippen LogP contribution >= 0.6 is 24.6 Å². The fourth-order valence-electron chi connectivity index (χ4n) is 1.71. The van der Waals surface area contributed by atoms with Crippen molar-refractivity contribution >= 4 is 24.6 Å². The van der Waals surface area contributed by atoms with Crippen LogP contribution in [0.4, 0.5) is 0 Å². The largest absolute Gasteiger partial charge is 0.131 e. The van der Waals surface area contributed by atoms with E-state index in [1.807, 2.05) is 0 Å². The summed E-state index contributed by atoms with van der Waals surface area (Å²) in [5.74, 6) is 4.52. The Labute approximate surface area is 94.0 Å². The van der Waals surface area contributed by atoms with Crippen LogP contribution < -0.4 is 0 Å². The molecule has 3 rings (SSSR count). The van der Waals surface area contributed by atoms with Gasteiger partial charge in [0.05, 0.1) is 0 Å². The van der Waals surface area contributed by atoms with Crippen LogP contribution in [0, 0.1) is 0 Å². The Morgan fingerprint density at radius 3 is 1.53 bits per heavy atom. The molecule has 0 aromatic carbocycles. The molecular weight excluding hydrogens is 237 g/mol. The summed E-state index contributed by atoms with van der Waals surface area (Å²) in [7, 11) is 2.65. The van der Waals surface area contributed by atoms with E-state index >= 15 is 0 Å². The highest BCUT2D eigenvalue weighted by Gasteiger charge is 2.03. The lowest BCUT2D eigenvalue weighted by Gasteiger charge is -1.92. The van der Waals surface area contributed by atoms with Crippen molar-refractivity contribution < 1.29 is 0 Å². The maximum absolute atomic E-state index is 2.31. The monoisotopic (exact) mass is 248 g/mol. The maximum atomic E-state index is 2.31. The third kappa shape index (κ3) is 1.86. The van der Waals surface area contributed by atoms with Gasteiger partial charge in [-0.25, -0.2) is 0 Å². The molecule has 0 spiro atoms. The summed E-state index contributed by atoms with van der Waals surface area (Å²) >= 11 is 0. The second-order valence-corrected chi connectivity index (χ2v) is 7.10. The number of hydrogen-bond acceptors (Lipinski definition) is 0. The Morgan fingerprint density at radius 2 is 1.13 bits per heavy atom. The van der Waals surface area contributed by atoms with Crippen LogP contribution in [0.2, 0.25) is 0 Å². The van der Waals surface area contributed by atoms with Crippen molar-refractivity contribution in [3.63, 3.8) is 0 Å². The smallest absolute Gasteiger partial charge is 0.00251 e. The van der Waals surface area contributed by atoms with E-state index in [4.69, 9.17) is 0 Å². The predicted octanol–water partition coefficient (Wildman–Crippen LogP) is 5.11. The van der Waals surface area contributed by atoms with E-state index in [0.29, 0.717) is 0 Å². The molecule has 0 nitrogen and oxygen atoms in total. The third-order valence-corrected chi connectivity index (χ3v) is 6.59. The molecule has 2 atom stereocenters. The van der Waals surface area contributed by atoms with Crippen molar-refractivity contribution in [2.75, 3.05) is 0 Å². The first-order valence-electron chi connectivity index (χ1n) is 4.90. The van der Waals surface area contributed by atoms with Gasteiger partial charge in [-0.2, -0.15) is 0 Å². The molecule has 0 bridgehead atoms. The van der Waals surface area contributed by atoms with Crippen LogP contribution in [-0.4, -0.2) is 0 Å².